The second kappa shape index (κ2) is 9.00. The van der Waals surface area contributed by atoms with Gasteiger partial charge in [0.1, 0.15) is 11.4 Å². The number of benzene rings is 2. The molecule has 2 heterocycles. The van der Waals surface area contributed by atoms with Gasteiger partial charge in [-0.05, 0) is 85.6 Å². The predicted octanol–water partition coefficient (Wildman–Crippen LogP) is 7.10. The fourth-order valence-electron chi connectivity index (χ4n) is 5.33. The lowest BCUT2D eigenvalue weighted by Crippen LogP contribution is -2.31. The summed E-state index contributed by atoms with van der Waals surface area (Å²) in [5.41, 5.74) is 5.74. The van der Waals surface area contributed by atoms with E-state index in [1.54, 1.807) is 0 Å². The first-order valence-corrected chi connectivity index (χ1v) is 11.7. The lowest BCUT2D eigenvalue weighted by Gasteiger charge is -2.35. The molecule has 0 N–H and O–H groups in total. The minimum absolute atomic E-state index is 0.182. The normalized spacial score (nSPS) is 20.5. The van der Waals surface area contributed by atoms with Gasteiger partial charge >= 0.3 is 0 Å². The van der Waals surface area contributed by atoms with Crippen molar-refractivity contribution in [1.82, 2.24) is 0 Å². The molecule has 2 aromatic carbocycles. The number of aryl methyl sites for hydroxylation is 1. The minimum Gasteiger partial charge on any atom is -0.487 e. The van der Waals surface area contributed by atoms with E-state index in [9.17, 15) is 5.26 Å². The number of nitriles is 1. The minimum atomic E-state index is -0.262. The van der Waals surface area contributed by atoms with Gasteiger partial charge < -0.3 is 9.64 Å². The molecule has 164 valence electrons. The van der Waals surface area contributed by atoms with Crippen molar-refractivity contribution in [2.24, 2.45) is 0 Å². The molecule has 0 atom stereocenters. The van der Waals surface area contributed by atoms with Gasteiger partial charge in [-0.15, -0.1) is 0 Å². The van der Waals surface area contributed by atoms with Crippen molar-refractivity contribution < 1.29 is 4.74 Å². The number of fused-ring (bicyclic) bond motifs is 1. The molecule has 33 heavy (non-hydrogen) atoms. The molecule has 1 fully saturated rings. The van der Waals surface area contributed by atoms with Gasteiger partial charge in [-0.3, -0.25) is 0 Å². The largest absolute Gasteiger partial charge is 0.487 e. The van der Waals surface area contributed by atoms with Crippen LogP contribution in [-0.4, -0.2) is 12.1 Å². The molecule has 3 aliphatic rings. The highest BCUT2D eigenvalue weighted by Crippen LogP contribution is 2.44. The van der Waals surface area contributed by atoms with Gasteiger partial charge in [-0.1, -0.05) is 36.4 Å². The topological polar surface area (TPSA) is 40.6 Å². The molecule has 4 nitrogen and oxygen atoms in total. The fraction of sp³-hybridized carbons (Fsp3) is 0.310. The van der Waals surface area contributed by atoms with E-state index in [0.717, 1.165) is 62.0 Å². The zero-order valence-corrected chi connectivity index (χ0v) is 18.8. The van der Waals surface area contributed by atoms with Crippen molar-refractivity contribution in [2.75, 3.05) is 11.4 Å². The van der Waals surface area contributed by atoms with Crippen molar-refractivity contribution in [3.8, 4) is 6.07 Å². The lowest BCUT2D eigenvalue weighted by atomic mass is 9.88. The van der Waals surface area contributed by atoms with E-state index in [2.05, 4.69) is 70.4 Å². The van der Waals surface area contributed by atoms with Crippen LogP contribution in [0.25, 0.3) is 10.9 Å². The van der Waals surface area contributed by atoms with Gasteiger partial charge in [0.2, 0.25) is 0 Å². The van der Waals surface area contributed by atoms with Crippen LogP contribution in [0.15, 0.2) is 77.7 Å². The van der Waals surface area contributed by atoms with Crippen molar-refractivity contribution in [3.63, 3.8) is 0 Å². The Morgan fingerprint density at radius 3 is 2.61 bits per heavy atom. The molecule has 0 unspecified atom stereocenters. The molecular formula is C29H27N3O. The molecular weight excluding hydrogens is 406 g/mol. The standard InChI is InChI=1S/C29H27N3O/c1-31-27(21-30)24-19-26(33-29(20-24)16-4-5-17-29)15-12-22-10-13-25(14-11-22)32-18-6-8-23-7-2-3-9-28(23)32/h2-3,7,9-15,19H,4-6,8,16-18,20H2. The van der Waals surface area contributed by atoms with E-state index in [0.29, 0.717) is 6.42 Å². The number of anilines is 2. The number of hydrogen-bond donors (Lipinski definition) is 0. The Bertz CT molecular complexity index is 1200. The number of ether oxygens (including phenoxy) is 1. The third-order valence-corrected chi connectivity index (χ3v) is 6.96. The molecule has 4 heteroatoms. The third-order valence-electron chi connectivity index (χ3n) is 6.96. The van der Waals surface area contributed by atoms with Crippen molar-refractivity contribution >= 4 is 17.5 Å². The molecule has 2 aromatic rings. The Hall–Kier alpha value is -3.76. The number of hydrogen-bond acceptors (Lipinski definition) is 3. The molecule has 1 spiro atoms. The molecule has 0 saturated heterocycles. The number of allylic oxidation sites excluding steroid dienone is 3. The average molecular weight is 434 g/mol. The van der Waals surface area contributed by atoms with Gasteiger partial charge in [0.25, 0.3) is 5.70 Å². The van der Waals surface area contributed by atoms with E-state index in [4.69, 9.17) is 11.3 Å². The molecule has 0 bridgehead atoms. The lowest BCUT2D eigenvalue weighted by molar-refractivity contribution is 0.00776. The Labute approximate surface area is 195 Å². The first kappa shape index (κ1) is 21.1. The number of rotatable bonds is 3. The first-order valence-electron chi connectivity index (χ1n) is 11.7. The molecule has 1 saturated carbocycles. The van der Waals surface area contributed by atoms with Crippen LogP contribution in [0.2, 0.25) is 0 Å². The van der Waals surface area contributed by atoms with E-state index < -0.39 is 0 Å². The van der Waals surface area contributed by atoms with Crippen molar-refractivity contribution in [2.45, 2.75) is 50.5 Å². The highest BCUT2D eigenvalue weighted by Gasteiger charge is 2.39. The summed E-state index contributed by atoms with van der Waals surface area (Å²) in [6, 6.07) is 19.3. The van der Waals surface area contributed by atoms with Crippen LogP contribution in [0.3, 0.4) is 0 Å². The summed E-state index contributed by atoms with van der Waals surface area (Å²) in [4.78, 5) is 5.84. The zero-order valence-electron chi connectivity index (χ0n) is 18.8. The summed E-state index contributed by atoms with van der Waals surface area (Å²) < 4.78 is 6.40. The molecule has 1 aliphatic carbocycles. The quantitative estimate of drug-likeness (QED) is 0.383. The van der Waals surface area contributed by atoms with Crippen molar-refractivity contribution in [3.05, 3.63) is 100 Å². The average Bonchev–Trinajstić information content (AvgIpc) is 3.30. The SMILES string of the molecule is [C-]#[N+]C(C#N)=C1C=C(C=Cc2ccc(N3CCCc4ccccc43)cc2)OC2(CCCC2)C1. The van der Waals surface area contributed by atoms with Gasteiger partial charge in [0.15, 0.2) is 0 Å². The Balaban J connectivity index is 1.38. The Morgan fingerprint density at radius 1 is 1.06 bits per heavy atom. The second-order valence-electron chi connectivity index (χ2n) is 9.12. The maximum atomic E-state index is 9.38. The predicted molar refractivity (Wildman–Crippen MR) is 131 cm³/mol. The second-order valence-corrected chi connectivity index (χ2v) is 9.12. The van der Waals surface area contributed by atoms with Crippen LogP contribution in [0.1, 0.15) is 49.7 Å². The fourth-order valence-corrected chi connectivity index (χ4v) is 5.33. The van der Waals surface area contributed by atoms with Crippen LogP contribution < -0.4 is 4.90 Å². The molecule has 2 aliphatic heterocycles. The molecule has 0 radical (unpaired) electrons. The van der Waals surface area contributed by atoms with Crippen molar-refractivity contribution in [1.29, 1.82) is 5.26 Å². The van der Waals surface area contributed by atoms with E-state index in [1.807, 2.05) is 12.2 Å². The number of nitrogens with zero attached hydrogens (tertiary/aromatic N) is 3. The zero-order chi connectivity index (χ0) is 22.7. The van der Waals surface area contributed by atoms with Crippen LogP contribution in [0.5, 0.6) is 0 Å². The third kappa shape index (κ3) is 4.30. The van der Waals surface area contributed by atoms with Crippen LogP contribution >= 0.6 is 0 Å². The van der Waals surface area contributed by atoms with Crippen LogP contribution in [0, 0.1) is 17.9 Å². The Morgan fingerprint density at radius 2 is 1.85 bits per heavy atom. The van der Waals surface area contributed by atoms with Crippen LogP contribution in [0.4, 0.5) is 11.4 Å². The summed E-state index contributed by atoms with van der Waals surface area (Å²) in [5.74, 6) is 0.739. The monoisotopic (exact) mass is 433 g/mol. The molecule has 0 aromatic heterocycles. The van der Waals surface area contributed by atoms with Gasteiger partial charge in [-0.25, -0.2) is 10.1 Å². The summed E-state index contributed by atoms with van der Waals surface area (Å²) in [5, 5.41) is 9.38. The van der Waals surface area contributed by atoms with Gasteiger partial charge in [-0.2, -0.15) is 0 Å². The van der Waals surface area contributed by atoms with E-state index >= 15 is 0 Å². The Kier molecular flexibility index (Phi) is 5.76. The summed E-state index contributed by atoms with van der Waals surface area (Å²) in [7, 11) is 0. The van der Waals surface area contributed by atoms with Gasteiger partial charge in [0.05, 0.1) is 12.6 Å². The first-order chi connectivity index (χ1) is 16.2. The van der Waals surface area contributed by atoms with E-state index in [-0.39, 0.29) is 11.3 Å². The van der Waals surface area contributed by atoms with Gasteiger partial charge in [0, 0.05) is 24.3 Å². The van der Waals surface area contributed by atoms with E-state index in [1.165, 1.54) is 16.9 Å². The smallest absolute Gasteiger partial charge is 0.265 e. The maximum absolute atomic E-state index is 9.38. The number of para-hydroxylation sites is 1. The van der Waals surface area contributed by atoms with Crippen LogP contribution in [-0.2, 0) is 11.2 Å². The highest BCUT2D eigenvalue weighted by atomic mass is 16.5. The molecule has 0 amide bonds. The molecule has 5 rings (SSSR count). The maximum Gasteiger partial charge on any atom is 0.265 e. The summed E-state index contributed by atoms with van der Waals surface area (Å²) in [6.45, 7) is 8.39. The summed E-state index contributed by atoms with van der Waals surface area (Å²) in [6.07, 6.45) is 13.1. The highest BCUT2D eigenvalue weighted by molar-refractivity contribution is 5.69. The summed E-state index contributed by atoms with van der Waals surface area (Å²) >= 11 is 0.